The van der Waals surface area contributed by atoms with Crippen LogP contribution in [0.25, 0.3) is 5.57 Å². The van der Waals surface area contributed by atoms with Crippen LogP contribution in [0.15, 0.2) is 53.8 Å². The molecule has 3 fully saturated rings. The Balaban J connectivity index is 1.48. The highest BCUT2D eigenvalue weighted by atomic mass is 16.6. The molecule has 1 aromatic carbocycles. The van der Waals surface area contributed by atoms with Crippen molar-refractivity contribution in [3.8, 4) is 0 Å². The number of aliphatic hydroxyl groups is 2. The lowest BCUT2D eigenvalue weighted by atomic mass is 9.45. The fourth-order valence-electron chi connectivity index (χ4n) is 7.27. The summed E-state index contributed by atoms with van der Waals surface area (Å²) in [5, 5.41) is 31.0. The molecule has 1 saturated heterocycles. The Hall–Kier alpha value is -2.94. The van der Waals surface area contributed by atoms with E-state index in [1.54, 1.807) is 18.2 Å². The van der Waals surface area contributed by atoms with E-state index in [2.05, 4.69) is 6.92 Å². The summed E-state index contributed by atoms with van der Waals surface area (Å²) in [5.41, 5.74) is 0.450. The van der Waals surface area contributed by atoms with Gasteiger partial charge in [0.2, 0.25) is 0 Å². The largest absolute Gasteiger partial charge is 0.478 e. The van der Waals surface area contributed by atoms with Crippen molar-refractivity contribution in [3.05, 3.63) is 59.4 Å². The van der Waals surface area contributed by atoms with Crippen LogP contribution >= 0.6 is 0 Å². The first-order chi connectivity index (χ1) is 17.9. The van der Waals surface area contributed by atoms with Crippen molar-refractivity contribution in [3.63, 3.8) is 0 Å². The van der Waals surface area contributed by atoms with Crippen molar-refractivity contribution in [1.82, 2.24) is 0 Å². The average molecular weight is 524 g/mol. The van der Waals surface area contributed by atoms with E-state index in [0.717, 1.165) is 24.9 Å². The van der Waals surface area contributed by atoms with E-state index in [9.17, 15) is 24.9 Å². The molecule has 1 spiro atoms. The summed E-state index contributed by atoms with van der Waals surface area (Å²) in [7, 11) is 3.80. The van der Waals surface area contributed by atoms with Gasteiger partial charge in [0.05, 0.1) is 30.5 Å². The molecule has 0 amide bonds. The molecule has 3 N–H and O–H groups in total. The van der Waals surface area contributed by atoms with Gasteiger partial charge in [-0.05, 0) is 60.8 Å². The van der Waals surface area contributed by atoms with E-state index in [1.807, 2.05) is 44.1 Å². The number of ether oxygens (including phenoxy) is 2. The number of anilines is 1. The third kappa shape index (κ3) is 4.19. The summed E-state index contributed by atoms with van der Waals surface area (Å²) in [4.78, 5) is 26.9. The number of carbonyl (C=O) groups excluding carboxylic acids is 1. The maximum absolute atomic E-state index is 12.8. The summed E-state index contributed by atoms with van der Waals surface area (Å²) in [5.74, 6) is -1.69. The van der Waals surface area contributed by atoms with E-state index < -0.39 is 23.5 Å². The second-order valence-corrected chi connectivity index (χ2v) is 12.0. The molecule has 0 bridgehead atoms. The lowest BCUT2D eigenvalue weighted by molar-refractivity contribution is -0.167. The molecule has 8 heteroatoms. The van der Waals surface area contributed by atoms with E-state index in [4.69, 9.17) is 9.47 Å². The van der Waals surface area contributed by atoms with E-state index >= 15 is 0 Å². The molecule has 8 nitrogen and oxygen atoms in total. The number of cyclic esters (lactones) is 1. The minimum absolute atomic E-state index is 0.0125. The number of esters is 1. The Labute approximate surface area is 223 Å². The molecule has 204 valence electrons. The molecule has 6 atom stereocenters. The van der Waals surface area contributed by atoms with Crippen molar-refractivity contribution in [1.29, 1.82) is 0 Å². The molecule has 4 aliphatic rings. The third-order valence-electron chi connectivity index (χ3n) is 9.62. The highest BCUT2D eigenvalue weighted by molar-refractivity contribution is 6.18. The van der Waals surface area contributed by atoms with Crippen LogP contribution in [0.1, 0.15) is 45.1 Å². The van der Waals surface area contributed by atoms with Gasteiger partial charge in [-0.3, -0.25) is 0 Å². The van der Waals surface area contributed by atoms with Crippen LogP contribution in [-0.2, 0) is 19.1 Å². The molecule has 3 unspecified atom stereocenters. The van der Waals surface area contributed by atoms with Gasteiger partial charge in [0.1, 0.15) is 11.3 Å². The Bertz CT molecular complexity index is 1230. The lowest BCUT2D eigenvalue weighted by Gasteiger charge is -2.60. The number of hydrogen-bond acceptors (Lipinski definition) is 7. The predicted octanol–water partition coefficient (Wildman–Crippen LogP) is 3.54. The van der Waals surface area contributed by atoms with Crippen LogP contribution in [0, 0.1) is 22.7 Å². The van der Waals surface area contributed by atoms with Gasteiger partial charge in [-0.25, -0.2) is 9.59 Å². The number of aliphatic carboxylic acids is 1. The van der Waals surface area contributed by atoms with E-state index in [1.165, 1.54) is 6.08 Å². The number of carbonyl (C=O) groups is 2. The van der Waals surface area contributed by atoms with Gasteiger partial charge in [-0.2, -0.15) is 0 Å². The number of carboxylic acids is 1. The third-order valence-corrected chi connectivity index (χ3v) is 9.62. The number of epoxide rings is 1. The maximum atomic E-state index is 12.8. The zero-order valence-electron chi connectivity index (χ0n) is 22.4. The van der Waals surface area contributed by atoms with Gasteiger partial charge in [0.15, 0.2) is 0 Å². The average Bonchev–Trinajstić information content (AvgIpc) is 3.55. The van der Waals surface area contributed by atoms with Crippen LogP contribution < -0.4 is 4.90 Å². The monoisotopic (exact) mass is 523 g/mol. The van der Waals surface area contributed by atoms with Crippen LogP contribution in [-0.4, -0.2) is 66.3 Å². The fraction of sp³-hybridized carbons (Fsp3) is 0.533. The first-order valence-electron chi connectivity index (χ1n) is 13.3. The van der Waals surface area contributed by atoms with Crippen molar-refractivity contribution in [2.24, 2.45) is 22.7 Å². The number of rotatable bonds is 6. The zero-order chi connectivity index (χ0) is 27.5. The quantitative estimate of drug-likeness (QED) is 0.294. The smallest absolute Gasteiger partial charge is 0.343 e. The molecule has 0 radical (unpaired) electrons. The Morgan fingerprint density at radius 2 is 1.84 bits per heavy atom. The second-order valence-electron chi connectivity index (χ2n) is 12.0. The van der Waals surface area contributed by atoms with E-state index in [-0.39, 0.29) is 46.4 Å². The van der Waals surface area contributed by atoms with Gasteiger partial charge in [0, 0.05) is 31.1 Å². The van der Waals surface area contributed by atoms with Gasteiger partial charge >= 0.3 is 11.9 Å². The molecular weight excluding hydrogens is 486 g/mol. The van der Waals surface area contributed by atoms with E-state index in [0.29, 0.717) is 18.6 Å². The minimum atomic E-state index is -1.18. The highest BCUT2D eigenvalue weighted by Crippen LogP contribution is 2.65. The van der Waals surface area contributed by atoms with Gasteiger partial charge < -0.3 is 29.7 Å². The number of nitrogens with zero attached hydrogens (tertiary/aromatic N) is 1. The molecule has 2 heterocycles. The standard InChI is InChI=1S/C30H37NO7/c1-28-13-12-24(33)29(2,16-32)22(28)11-14-30(17-37-30)23(28)10-7-19-15-21(38-27(19)36)25(26(34)35)18-5-8-20(9-6-18)31(3)4/h5-10,15,22-24,32-33H,11-14,16-17H2,1-4H3,(H,34,35)/b10-7+,25-21-/t22?,23?,24-,28+,29+,30?/m1/s1. The summed E-state index contributed by atoms with van der Waals surface area (Å²) >= 11 is 0. The van der Waals surface area contributed by atoms with Crippen LogP contribution in [0.5, 0.6) is 0 Å². The van der Waals surface area contributed by atoms with Crippen LogP contribution in [0.2, 0.25) is 0 Å². The van der Waals surface area contributed by atoms with Crippen molar-refractivity contribution >= 4 is 23.2 Å². The fourth-order valence-corrected chi connectivity index (χ4v) is 7.27. The predicted molar refractivity (Wildman–Crippen MR) is 142 cm³/mol. The summed E-state index contributed by atoms with van der Waals surface area (Å²) < 4.78 is 11.4. The first kappa shape index (κ1) is 26.7. The van der Waals surface area contributed by atoms with Gasteiger partial charge in [-0.1, -0.05) is 38.1 Å². The molecule has 2 saturated carbocycles. The molecule has 2 aliphatic heterocycles. The van der Waals surface area contributed by atoms with Crippen LogP contribution in [0.4, 0.5) is 5.69 Å². The molecule has 1 aromatic rings. The Morgan fingerprint density at radius 3 is 2.42 bits per heavy atom. The van der Waals surface area contributed by atoms with Gasteiger partial charge in [0.25, 0.3) is 0 Å². The molecule has 5 rings (SSSR count). The van der Waals surface area contributed by atoms with Crippen LogP contribution in [0.3, 0.4) is 0 Å². The maximum Gasteiger partial charge on any atom is 0.343 e. The number of allylic oxidation sites excluding steroid dienone is 1. The molecule has 2 aliphatic carbocycles. The topological polar surface area (TPSA) is 120 Å². The van der Waals surface area contributed by atoms with Crippen molar-refractivity contribution in [2.75, 3.05) is 32.2 Å². The highest BCUT2D eigenvalue weighted by Gasteiger charge is 2.66. The summed E-state index contributed by atoms with van der Waals surface area (Å²) in [6.45, 7) is 4.74. The second kappa shape index (κ2) is 9.36. The Morgan fingerprint density at radius 1 is 1.16 bits per heavy atom. The molecule has 38 heavy (non-hydrogen) atoms. The minimum Gasteiger partial charge on any atom is -0.478 e. The van der Waals surface area contributed by atoms with Crippen molar-refractivity contribution < 1.29 is 34.4 Å². The number of hydrogen-bond donors (Lipinski definition) is 3. The first-order valence-corrected chi connectivity index (χ1v) is 13.3. The van der Waals surface area contributed by atoms with Gasteiger partial charge in [-0.15, -0.1) is 0 Å². The number of fused-ring (bicyclic) bond motifs is 1. The molecular formula is C30H37NO7. The normalized spacial score (nSPS) is 37.6. The summed E-state index contributed by atoms with van der Waals surface area (Å²) in [6, 6.07) is 7.04. The summed E-state index contributed by atoms with van der Waals surface area (Å²) in [6.07, 6.45) is 7.74. The SMILES string of the molecule is CN(C)c1ccc(/C(C(=O)O)=C2C=C(/C=C/C3C4(CCC5[C@]3(C)CC[C@@H](O)[C@@]5(C)CO)CO4)C(=O)O\2)cc1. The number of carboxylic acid groups (broad SMARTS) is 1. The molecule has 0 aromatic heterocycles. The lowest BCUT2D eigenvalue weighted by Crippen LogP contribution is -2.60. The number of benzene rings is 1. The van der Waals surface area contributed by atoms with Crippen molar-refractivity contribution in [2.45, 2.75) is 51.2 Å². The zero-order valence-corrected chi connectivity index (χ0v) is 22.4. The Kier molecular flexibility index (Phi) is 6.57. The number of aliphatic hydroxyl groups excluding tert-OH is 2.